The minimum Gasteiger partial charge on any atom is -0.265 e. The molecule has 4 heteroatoms. The van der Waals surface area contributed by atoms with Crippen LogP contribution in [0.1, 0.15) is 76.0 Å². The van der Waals surface area contributed by atoms with E-state index in [1.807, 2.05) is 12.1 Å². The van der Waals surface area contributed by atoms with E-state index in [0.29, 0.717) is 17.8 Å². The molecule has 0 fully saturated rings. The zero-order chi connectivity index (χ0) is 18.7. The maximum absolute atomic E-state index is 11.9. The number of rotatable bonds is 5. The lowest BCUT2D eigenvalue weighted by molar-refractivity contribution is 0.602. The fourth-order valence-corrected chi connectivity index (χ4v) is 4.96. The summed E-state index contributed by atoms with van der Waals surface area (Å²) in [5, 5.41) is 0.815. The Kier molecular flexibility index (Phi) is 6.96. The molecule has 1 atom stereocenters. The summed E-state index contributed by atoms with van der Waals surface area (Å²) in [7, 11) is 0.993. The van der Waals surface area contributed by atoms with Gasteiger partial charge in [-0.05, 0) is 78.4 Å². The van der Waals surface area contributed by atoms with Crippen LogP contribution in [0.25, 0.3) is 11.1 Å². The average molecular weight is 391 g/mol. The van der Waals surface area contributed by atoms with Gasteiger partial charge in [-0.25, -0.2) is 0 Å². The van der Waals surface area contributed by atoms with Gasteiger partial charge in [0.25, 0.3) is 0 Å². The highest BCUT2D eigenvalue weighted by Crippen LogP contribution is 2.38. The molecule has 0 amide bonds. The van der Waals surface area contributed by atoms with Gasteiger partial charge in [-0.3, -0.25) is 4.57 Å². The van der Waals surface area contributed by atoms with Crippen LogP contribution in [0.15, 0.2) is 36.4 Å². The molecular formula is C21H27OPS2. The minimum atomic E-state index is -1.53. The van der Waals surface area contributed by atoms with E-state index < -0.39 is 6.58 Å². The third-order valence-corrected chi connectivity index (χ3v) is 7.68. The second-order valence-corrected chi connectivity index (χ2v) is 11.4. The van der Waals surface area contributed by atoms with Crippen molar-refractivity contribution < 1.29 is 4.57 Å². The summed E-state index contributed by atoms with van der Waals surface area (Å²) in [5.74, 6) is 1.41. The minimum absolute atomic E-state index is 0.450. The lowest BCUT2D eigenvalue weighted by atomic mass is 9.82. The molecule has 0 aromatic heterocycles. The summed E-state index contributed by atoms with van der Waals surface area (Å²) in [5.41, 5.74) is 6.72. The standard InChI is InChI=1S/C21H27OPS2/c1-13(2)17-11-19(14(3)4)21(20(12-17)15(5)6)16-7-9-18(10-8-16)23(22)25-24/h7-15H,1-6H3. The van der Waals surface area contributed by atoms with Crippen LogP contribution in [0.2, 0.25) is 0 Å². The summed E-state index contributed by atoms with van der Waals surface area (Å²) in [4.78, 5) is 0. The Bertz CT molecular complexity index is 825. The van der Waals surface area contributed by atoms with E-state index in [1.165, 1.54) is 27.8 Å². The molecule has 0 N–H and O–H groups in total. The molecule has 0 saturated heterocycles. The molecule has 2 aromatic rings. The molecule has 0 spiro atoms. The van der Waals surface area contributed by atoms with Crippen molar-refractivity contribution in [3.8, 4) is 11.1 Å². The second kappa shape index (κ2) is 8.58. The van der Waals surface area contributed by atoms with Crippen LogP contribution in [-0.2, 0) is 25.3 Å². The fourth-order valence-electron chi connectivity index (χ4n) is 3.08. The van der Waals surface area contributed by atoms with Gasteiger partial charge in [0.1, 0.15) is 0 Å². The van der Waals surface area contributed by atoms with Crippen molar-refractivity contribution in [2.45, 2.75) is 59.3 Å². The maximum Gasteiger partial charge on any atom is 0.197 e. The third kappa shape index (κ3) is 4.58. The summed E-state index contributed by atoms with van der Waals surface area (Å²) in [6, 6.07) is 12.8. The van der Waals surface area contributed by atoms with Gasteiger partial charge in [-0.15, -0.1) is 0 Å². The Morgan fingerprint density at radius 2 is 1.32 bits per heavy atom. The SMILES string of the molecule is CC(C)c1cc(C(C)C)c(-c2ccc(P(=O)=S=S)cc2)c(C(C)C)c1. The van der Waals surface area contributed by atoms with E-state index in [4.69, 9.17) is 11.2 Å². The molecule has 0 aliphatic carbocycles. The lowest BCUT2D eigenvalue weighted by Crippen LogP contribution is -2.04. The first kappa shape index (κ1) is 20.3. The first-order valence-corrected chi connectivity index (χ1v) is 12.4. The van der Waals surface area contributed by atoms with Crippen molar-refractivity contribution in [1.29, 1.82) is 0 Å². The van der Waals surface area contributed by atoms with Gasteiger partial charge in [0.05, 0.1) is 0 Å². The zero-order valence-corrected chi connectivity index (χ0v) is 18.4. The van der Waals surface area contributed by atoms with Gasteiger partial charge < -0.3 is 0 Å². The molecule has 2 rings (SSSR count). The smallest absolute Gasteiger partial charge is 0.197 e. The van der Waals surface area contributed by atoms with E-state index >= 15 is 0 Å². The van der Waals surface area contributed by atoms with E-state index in [9.17, 15) is 4.57 Å². The summed E-state index contributed by atoms with van der Waals surface area (Å²) >= 11 is 4.86. The van der Waals surface area contributed by atoms with Crippen molar-refractivity contribution in [3.05, 3.63) is 53.1 Å². The van der Waals surface area contributed by atoms with Crippen LogP contribution in [-0.4, -0.2) is 0 Å². The van der Waals surface area contributed by atoms with Crippen molar-refractivity contribution in [1.82, 2.24) is 0 Å². The Morgan fingerprint density at radius 3 is 1.68 bits per heavy atom. The maximum atomic E-state index is 11.9. The van der Waals surface area contributed by atoms with Crippen molar-refractivity contribution in [2.75, 3.05) is 0 Å². The highest BCUT2D eigenvalue weighted by molar-refractivity contribution is 8.34. The topological polar surface area (TPSA) is 17.1 Å². The van der Waals surface area contributed by atoms with Crippen LogP contribution in [0, 0.1) is 0 Å². The highest BCUT2D eigenvalue weighted by Gasteiger charge is 2.18. The molecule has 0 aliphatic heterocycles. The molecule has 134 valence electrons. The van der Waals surface area contributed by atoms with Crippen LogP contribution in [0.5, 0.6) is 0 Å². The molecule has 2 aromatic carbocycles. The Hall–Kier alpha value is -1.02. The first-order valence-electron chi connectivity index (χ1n) is 8.81. The normalized spacial score (nSPS) is 12.1. The van der Waals surface area contributed by atoms with Crippen LogP contribution in [0.3, 0.4) is 0 Å². The molecule has 0 heterocycles. The average Bonchev–Trinajstić information content (AvgIpc) is 2.59. The van der Waals surface area contributed by atoms with Crippen LogP contribution >= 0.6 is 6.58 Å². The molecule has 1 nitrogen and oxygen atoms in total. The monoisotopic (exact) mass is 390 g/mol. The van der Waals surface area contributed by atoms with E-state index in [2.05, 4.69) is 65.8 Å². The lowest BCUT2D eigenvalue weighted by Gasteiger charge is -2.23. The molecule has 0 aliphatic rings. The van der Waals surface area contributed by atoms with E-state index in [-0.39, 0.29) is 0 Å². The quantitative estimate of drug-likeness (QED) is 0.533. The van der Waals surface area contributed by atoms with Gasteiger partial charge in [-0.2, -0.15) is 0 Å². The van der Waals surface area contributed by atoms with Gasteiger partial charge in [-0.1, -0.05) is 65.8 Å². The van der Waals surface area contributed by atoms with Gasteiger partial charge in [0.2, 0.25) is 0 Å². The fraction of sp³-hybridized carbons (Fsp3) is 0.429. The molecule has 0 bridgehead atoms. The van der Waals surface area contributed by atoms with Crippen molar-refractivity contribution in [3.63, 3.8) is 0 Å². The number of hydrogen-bond donors (Lipinski definition) is 0. The molecule has 1 unspecified atom stereocenters. The third-order valence-electron chi connectivity index (χ3n) is 4.57. The zero-order valence-electron chi connectivity index (χ0n) is 15.9. The Balaban J connectivity index is 2.74. The van der Waals surface area contributed by atoms with E-state index in [0.717, 1.165) is 14.8 Å². The van der Waals surface area contributed by atoms with Crippen molar-refractivity contribution >= 4 is 32.6 Å². The summed E-state index contributed by atoms with van der Waals surface area (Å²) < 4.78 is 11.9. The van der Waals surface area contributed by atoms with Gasteiger partial charge >= 0.3 is 0 Å². The Morgan fingerprint density at radius 1 is 0.840 bits per heavy atom. The summed E-state index contributed by atoms with van der Waals surface area (Å²) in [6.45, 7) is 12.0. The van der Waals surface area contributed by atoms with Crippen LogP contribution < -0.4 is 5.30 Å². The Labute approximate surface area is 160 Å². The second-order valence-electron chi connectivity index (χ2n) is 7.42. The van der Waals surface area contributed by atoms with Crippen molar-refractivity contribution in [2.24, 2.45) is 0 Å². The van der Waals surface area contributed by atoms with Gasteiger partial charge in [0.15, 0.2) is 6.58 Å². The highest BCUT2D eigenvalue weighted by atomic mass is 32.9. The number of benzene rings is 2. The summed E-state index contributed by atoms with van der Waals surface area (Å²) in [6.07, 6.45) is 0. The molecule has 0 saturated carbocycles. The number of hydrogen-bond acceptors (Lipinski definition) is 2. The first-order chi connectivity index (χ1) is 11.8. The molecule has 25 heavy (non-hydrogen) atoms. The van der Waals surface area contributed by atoms with Crippen LogP contribution in [0.4, 0.5) is 0 Å². The predicted molar refractivity (Wildman–Crippen MR) is 116 cm³/mol. The van der Waals surface area contributed by atoms with E-state index in [1.54, 1.807) is 0 Å². The predicted octanol–water partition coefficient (Wildman–Crippen LogP) is 6.64. The van der Waals surface area contributed by atoms with Gasteiger partial charge in [0, 0.05) is 5.30 Å². The molecule has 0 radical (unpaired) electrons. The largest absolute Gasteiger partial charge is 0.265 e. The molecular weight excluding hydrogens is 363 g/mol.